The van der Waals surface area contributed by atoms with E-state index in [2.05, 4.69) is 15.1 Å². The van der Waals surface area contributed by atoms with Gasteiger partial charge in [0.1, 0.15) is 18.1 Å². The summed E-state index contributed by atoms with van der Waals surface area (Å²) < 4.78 is 6.68. The lowest BCUT2D eigenvalue weighted by atomic mass is 10.1. The van der Waals surface area contributed by atoms with Crippen LogP contribution in [0.15, 0.2) is 42.9 Å². The number of aromatic nitrogens is 4. The molecule has 0 bridgehead atoms. The average molecular weight is 346 g/mol. The number of nitrogens with zero attached hydrogens (tertiary/aromatic N) is 5. The van der Waals surface area contributed by atoms with Crippen molar-refractivity contribution in [3.8, 4) is 17.1 Å². The van der Waals surface area contributed by atoms with Gasteiger partial charge in [0.15, 0.2) is 0 Å². The minimum Gasteiger partial charge on any atom is -0.479 e. The Morgan fingerprint density at radius 3 is 2.88 bits per heavy atom. The lowest BCUT2D eigenvalue weighted by Crippen LogP contribution is -2.05. The molecule has 24 heavy (non-hydrogen) atoms. The summed E-state index contributed by atoms with van der Waals surface area (Å²) in [6, 6.07) is 7.18. The number of halogens is 1. The molecule has 3 aromatic rings. The van der Waals surface area contributed by atoms with Crippen LogP contribution in [-0.2, 0) is 6.54 Å². The van der Waals surface area contributed by atoms with Crippen molar-refractivity contribution < 1.29 is 9.66 Å². The summed E-state index contributed by atoms with van der Waals surface area (Å²) in [5.41, 5.74) is 1.81. The van der Waals surface area contributed by atoms with Crippen LogP contribution < -0.4 is 4.74 Å². The molecule has 0 amide bonds. The van der Waals surface area contributed by atoms with E-state index in [1.54, 1.807) is 18.3 Å². The predicted octanol–water partition coefficient (Wildman–Crippen LogP) is 2.96. The van der Waals surface area contributed by atoms with E-state index >= 15 is 0 Å². The molecule has 8 nitrogen and oxygen atoms in total. The summed E-state index contributed by atoms with van der Waals surface area (Å²) in [5, 5.41) is 15.2. The lowest BCUT2D eigenvalue weighted by Gasteiger charge is -2.09. The van der Waals surface area contributed by atoms with Crippen LogP contribution in [0.4, 0.5) is 5.69 Å². The third kappa shape index (κ3) is 3.33. The molecule has 0 fully saturated rings. The Balaban J connectivity index is 1.95. The van der Waals surface area contributed by atoms with E-state index in [4.69, 9.17) is 16.3 Å². The van der Waals surface area contributed by atoms with Crippen molar-refractivity contribution in [2.75, 3.05) is 7.11 Å². The predicted molar refractivity (Wildman–Crippen MR) is 87.0 cm³/mol. The van der Waals surface area contributed by atoms with Crippen LogP contribution in [0.5, 0.6) is 5.88 Å². The molecule has 0 aliphatic heterocycles. The van der Waals surface area contributed by atoms with E-state index in [0.717, 1.165) is 5.56 Å². The molecule has 0 radical (unpaired) electrons. The van der Waals surface area contributed by atoms with E-state index in [1.807, 2.05) is 12.1 Å². The fraction of sp³-hybridized carbons (Fsp3) is 0.133. The maximum absolute atomic E-state index is 10.7. The fourth-order valence-electron chi connectivity index (χ4n) is 2.16. The van der Waals surface area contributed by atoms with Crippen LogP contribution >= 0.6 is 11.6 Å². The van der Waals surface area contributed by atoms with Crippen molar-refractivity contribution in [1.29, 1.82) is 0 Å². The molecule has 2 aromatic heterocycles. The number of hydrogen-bond acceptors (Lipinski definition) is 6. The van der Waals surface area contributed by atoms with Crippen LogP contribution in [0.3, 0.4) is 0 Å². The summed E-state index contributed by atoms with van der Waals surface area (Å²) in [6.45, 7) is 0.248. The third-order valence-electron chi connectivity index (χ3n) is 3.23. The Morgan fingerprint density at radius 1 is 1.38 bits per heavy atom. The monoisotopic (exact) mass is 345 g/mol. The molecule has 0 saturated carbocycles. The summed E-state index contributed by atoms with van der Waals surface area (Å²) >= 11 is 6.03. The molecular formula is C15H12ClN5O3. The van der Waals surface area contributed by atoms with Gasteiger partial charge in [-0.05, 0) is 12.1 Å². The first kappa shape index (κ1) is 15.9. The maximum Gasteiger partial charge on any atom is 0.307 e. The molecule has 1 aromatic carbocycles. The number of rotatable bonds is 5. The van der Waals surface area contributed by atoms with Gasteiger partial charge in [0.25, 0.3) is 0 Å². The van der Waals surface area contributed by atoms with Crippen LogP contribution in [0.2, 0.25) is 5.02 Å². The molecular weight excluding hydrogens is 334 g/mol. The number of benzene rings is 1. The second-order valence-corrected chi connectivity index (χ2v) is 5.32. The molecule has 0 spiro atoms. The zero-order chi connectivity index (χ0) is 17.1. The Bertz CT molecular complexity index is 896. The molecule has 0 N–H and O–H groups in total. The van der Waals surface area contributed by atoms with Gasteiger partial charge >= 0.3 is 5.69 Å². The molecule has 0 aliphatic carbocycles. The zero-order valence-corrected chi connectivity index (χ0v) is 13.3. The Kier molecular flexibility index (Phi) is 4.39. The average Bonchev–Trinajstić information content (AvgIpc) is 3.03. The minimum atomic E-state index is -0.499. The van der Waals surface area contributed by atoms with Crippen molar-refractivity contribution >= 4 is 17.3 Å². The van der Waals surface area contributed by atoms with Gasteiger partial charge in [0, 0.05) is 10.6 Å². The van der Waals surface area contributed by atoms with E-state index in [9.17, 15) is 10.1 Å². The number of ether oxygens (including phenoxy) is 1. The molecule has 3 rings (SSSR count). The van der Waals surface area contributed by atoms with Gasteiger partial charge in [0.2, 0.25) is 5.88 Å². The molecule has 0 saturated heterocycles. The van der Waals surface area contributed by atoms with Crippen molar-refractivity contribution in [2.45, 2.75) is 6.54 Å². The molecule has 122 valence electrons. The normalized spacial score (nSPS) is 10.6. The van der Waals surface area contributed by atoms with Gasteiger partial charge < -0.3 is 4.74 Å². The van der Waals surface area contributed by atoms with Crippen LogP contribution in [-0.4, -0.2) is 31.8 Å². The number of hydrogen-bond donors (Lipinski definition) is 0. The second-order valence-electron chi connectivity index (χ2n) is 4.88. The van der Waals surface area contributed by atoms with Gasteiger partial charge in [-0.1, -0.05) is 23.7 Å². The van der Waals surface area contributed by atoms with Gasteiger partial charge in [0.05, 0.1) is 30.5 Å². The Morgan fingerprint density at radius 2 is 2.21 bits per heavy atom. The van der Waals surface area contributed by atoms with Crippen LogP contribution in [0.1, 0.15) is 5.69 Å². The highest BCUT2D eigenvalue weighted by Crippen LogP contribution is 2.28. The third-order valence-corrected chi connectivity index (χ3v) is 3.47. The zero-order valence-electron chi connectivity index (χ0n) is 12.6. The first-order valence-electron chi connectivity index (χ1n) is 6.89. The molecule has 0 aliphatic rings. The molecule has 0 unspecified atom stereocenters. The quantitative estimate of drug-likeness (QED) is 0.521. The molecule has 2 heterocycles. The number of nitro groups is 1. The number of methoxy groups -OCH3 is 1. The first-order valence-corrected chi connectivity index (χ1v) is 7.27. The van der Waals surface area contributed by atoms with Gasteiger partial charge in [-0.25, -0.2) is 9.97 Å². The van der Waals surface area contributed by atoms with Crippen molar-refractivity contribution in [2.24, 2.45) is 0 Å². The lowest BCUT2D eigenvalue weighted by molar-refractivity contribution is -0.385. The van der Waals surface area contributed by atoms with Gasteiger partial charge in [-0.15, -0.1) is 0 Å². The van der Waals surface area contributed by atoms with E-state index in [1.165, 1.54) is 24.2 Å². The summed E-state index contributed by atoms with van der Waals surface area (Å²) in [6.07, 6.45) is 4.07. The van der Waals surface area contributed by atoms with Crippen molar-refractivity contribution in [1.82, 2.24) is 19.7 Å². The highest BCUT2D eigenvalue weighted by atomic mass is 35.5. The standard InChI is InChI=1S/C15H12ClN5O3/c1-24-15-14(10-3-2-4-11(16)5-10)19-12(6-17-15)8-20-9-13(7-18-20)21(22)23/h2-7,9H,8H2,1H3. The van der Waals surface area contributed by atoms with Gasteiger partial charge in [-0.2, -0.15) is 5.10 Å². The summed E-state index contributed by atoms with van der Waals surface area (Å²) in [7, 11) is 1.51. The largest absolute Gasteiger partial charge is 0.479 e. The highest BCUT2D eigenvalue weighted by Gasteiger charge is 2.13. The van der Waals surface area contributed by atoms with Crippen molar-refractivity contribution in [3.63, 3.8) is 0 Å². The SMILES string of the molecule is COc1ncc(Cn2cc([N+](=O)[O-])cn2)nc1-c1cccc(Cl)c1. The van der Waals surface area contributed by atoms with E-state index in [-0.39, 0.29) is 12.2 Å². The first-order chi connectivity index (χ1) is 11.6. The highest BCUT2D eigenvalue weighted by molar-refractivity contribution is 6.30. The van der Waals surface area contributed by atoms with Gasteiger partial charge in [-0.3, -0.25) is 14.8 Å². The smallest absolute Gasteiger partial charge is 0.307 e. The van der Waals surface area contributed by atoms with E-state index in [0.29, 0.717) is 22.3 Å². The van der Waals surface area contributed by atoms with Crippen LogP contribution in [0, 0.1) is 10.1 Å². The Labute approximate surface area is 141 Å². The van der Waals surface area contributed by atoms with Crippen molar-refractivity contribution in [3.05, 3.63) is 63.7 Å². The van der Waals surface area contributed by atoms with E-state index < -0.39 is 4.92 Å². The van der Waals surface area contributed by atoms with Crippen LogP contribution in [0.25, 0.3) is 11.3 Å². The maximum atomic E-state index is 10.7. The molecule has 0 atom stereocenters. The fourth-order valence-corrected chi connectivity index (χ4v) is 2.35. The topological polar surface area (TPSA) is 96.0 Å². The second kappa shape index (κ2) is 6.63. The summed E-state index contributed by atoms with van der Waals surface area (Å²) in [5.74, 6) is 0.368. The minimum absolute atomic E-state index is 0.0773. The molecule has 9 heteroatoms. The summed E-state index contributed by atoms with van der Waals surface area (Å²) in [4.78, 5) is 19.0. The Hall–Kier alpha value is -3.00.